The van der Waals surface area contributed by atoms with Crippen molar-refractivity contribution in [2.45, 2.75) is 110 Å². The quantitative estimate of drug-likeness (QED) is 0.262. The molecule has 0 radical (unpaired) electrons. The molecular weight excluding hydrogens is 380 g/mol. The van der Waals surface area contributed by atoms with Crippen LogP contribution in [0.1, 0.15) is 120 Å². The highest BCUT2D eigenvalue weighted by Crippen LogP contribution is 2.43. The lowest BCUT2D eigenvalue weighted by Gasteiger charge is -2.38. The van der Waals surface area contributed by atoms with Gasteiger partial charge in [0.05, 0.1) is 12.2 Å². The van der Waals surface area contributed by atoms with Gasteiger partial charge in [-0.3, -0.25) is 0 Å². The van der Waals surface area contributed by atoms with E-state index < -0.39 is 0 Å². The monoisotopic (exact) mass is 426 g/mol. The molecule has 31 heavy (non-hydrogen) atoms. The predicted octanol–water partition coefficient (Wildman–Crippen LogP) is 8.38. The Labute approximate surface area is 191 Å². The first-order valence-corrected chi connectivity index (χ1v) is 13.5. The van der Waals surface area contributed by atoms with E-state index in [9.17, 15) is 4.79 Å². The molecule has 0 spiro atoms. The summed E-state index contributed by atoms with van der Waals surface area (Å²) in [6, 6.07) is 8.06. The van der Waals surface area contributed by atoms with Crippen molar-refractivity contribution in [1.29, 1.82) is 0 Å². The normalized spacial score (nSPS) is 26.5. The van der Waals surface area contributed by atoms with Crippen LogP contribution in [0.4, 0.5) is 0 Å². The maximum Gasteiger partial charge on any atom is 0.338 e. The molecular formula is C29H46O2. The lowest BCUT2D eigenvalue weighted by molar-refractivity contribution is 0.0526. The van der Waals surface area contributed by atoms with E-state index in [2.05, 4.69) is 19.1 Å². The second kappa shape index (κ2) is 13.3. The fraction of sp³-hybridized carbons (Fsp3) is 0.759. The largest absolute Gasteiger partial charge is 0.462 e. The van der Waals surface area contributed by atoms with Gasteiger partial charge >= 0.3 is 5.97 Å². The Kier molecular flexibility index (Phi) is 10.4. The van der Waals surface area contributed by atoms with Gasteiger partial charge in [-0.05, 0) is 86.8 Å². The van der Waals surface area contributed by atoms with Crippen LogP contribution in [-0.2, 0) is 11.2 Å². The van der Waals surface area contributed by atoms with Crippen molar-refractivity contribution < 1.29 is 9.53 Å². The Balaban J connectivity index is 1.31. The molecule has 1 aromatic rings. The minimum atomic E-state index is -0.210. The van der Waals surface area contributed by atoms with E-state index in [1.54, 1.807) is 0 Å². The van der Waals surface area contributed by atoms with Crippen LogP contribution in [0.25, 0.3) is 0 Å². The summed E-state index contributed by atoms with van der Waals surface area (Å²) in [5, 5.41) is 0. The first-order chi connectivity index (χ1) is 15.2. The molecule has 0 aliphatic heterocycles. The maximum atomic E-state index is 11.8. The van der Waals surface area contributed by atoms with Gasteiger partial charge in [-0.2, -0.15) is 0 Å². The smallest absolute Gasteiger partial charge is 0.338 e. The third-order valence-corrected chi connectivity index (χ3v) is 8.22. The van der Waals surface area contributed by atoms with Crippen LogP contribution in [0.2, 0.25) is 0 Å². The Bertz CT molecular complexity index is 619. The lowest BCUT2D eigenvalue weighted by atomic mass is 9.68. The highest BCUT2D eigenvalue weighted by Gasteiger charge is 2.30. The molecule has 2 heteroatoms. The van der Waals surface area contributed by atoms with Gasteiger partial charge in [-0.15, -0.1) is 0 Å². The number of unbranched alkanes of at least 4 members (excludes halogenated alkanes) is 3. The van der Waals surface area contributed by atoms with E-state index in [0.29, 0.717) is 12.2 Å². The van der Waals surface area contributed by atoms with Crippen molar-refractivity contribution in [2.24, 2.45) is 23.7 Å². The van der Waals surface area contributed by atoms with Gasteiger partial charge in [-0.1, -0.05) is 76.8 Å². The minimum absolute atomic E-state index is 0.210. The van der Waals surface area contributed by atoms with E-state index in [4.69, 9.17) is 4.74 Å². The zero-order chi connectivity index (χ0) is 21.9. The van der Waals surface area contributed by atoms with Gasteiger partial charge in [0.15, 0.2) is 0 Å². The Morgan fingerprint density at radius 3 is 1.90 bits per heavy atom. The van der Waals surface area contributed by atoms with E-state index in [1.807, 2.05) is 19.1 Å². The topological polar surface area (TPSA) is 26.3 Å². The number of benzene rings is 1. The molecule has 2 aliphatic carbocycles. The van der Waals surface area contributed by atoms with E-state index >= 15 is 0 Å². The van der Waals surface area contributed by atoms with E-state index in [0.717, 1.165) is 30.1 Å². The number of hydrogen-bond donors (Lipinski definition) is 0. The molecule has 0 atom stereocenters. The molecule has 2 aliphatic rings. The van der Waals surface area contributed by atoms with Crippen LogP contribution in [0.15, 0.2) is 24.3 Å². The Morgan fingerprint density at radius 2 is 1.35 bits per heavy atom. The van der Waals surface area contributed by atoms with Crippen LogP contribution in [0.3, 0.4) is 0 Å². The van der Waals surface area contributed by atoms with Gasteiger partial charge in [0.25, 0.3) is 0 Å². The number of hydrogen-bond acceptors (Lipinski definition) is 2. The first kappa shape index (κ1) is 24.3. The zero-order valence-electron chi connectivity index (χ0n) is 20.2. The lowest BCUT2D eigenvalue weighted by Crippen LogP contribution is -2.26. The second-order valence-electron chi connectivity index (χ2n) is 10.4. The number of carbonyl (C=O) groups excluding carboxylic acids is 1. The summed E-state index contributed by atoms with van der Waals surface area (Å²) in [6.07, 6.45) is 21.5. The number of ether oxygens (including phenoxy) is 1. The maximum absolute atomic E-state index is 11.8. The molecule has 3 rings (SSSR count). The van der Waals surface area contributed by atoms with E-state index in [-0.39, 0.29) is 5.97 Å². The van der Waals surface area contributed by atoms with Gasteiger partial charge in [0, 0.05) is 0 Å². The molecule has 2 saturated carbocycles. The van der Waals surface area contributed by atoms with Gasteiger partial charge in [0.2, 0.25) is 0 Å². The van der Waals surface area contributed by atoms with Crippen LogP contribution in [-0.4, -0.2) is 12.6 Å². The fourth-order valence-corrected chi connectivity index (χ4v) is 6.15. The van der Waals surface area contributed by atoms with Crippen molar-refractivity contribution in [3.05, 3.63) is 35.4 Å². The fourth-order valence-electron chi connectivity index (χ4n) is 6.15. The predicted molar refractivity (Wildman–Crippen MR) is 130 cm³/mol. The molecule has 0 unspecified atom stereocenters. The standard InChI is InChI=1S/C29H46O2/c1-3-5-6-7-8-23-11-17-26(18-12-23)27-19-13-24(14-20-27)9-10-25-15-21-28(22-16-25)29(30)31-4-2/h15-16,21-24,26-27H,3-14,17-20H2,1-2H3. The van der Waals surface area contributed by atoms with Gasteiger partial charge in [0.1, 0.15) is 0 Å². The molecule has 1 aromatic carbocycles. The van der Waals surface area contributed by atoms with Gasteiger partial charge < -0.3 is 4.74 Å². The molecule has 2 fully saturated rings. The van der Waals surface area contributed by atoms with Crippen LogP contribution < -0.4 is 0 Å². The third kappa shape index (κ3) is 7.95. The number of rotatable bonds is 11. The summed E-state index contributed by atoms with van der Waals surface area (Å²) in [6.45, 7) is 4.59. The van der Waals surface area contributed by atoms with Crippen LogP contribution in [0.5, 0.6) is 0 Å². The molecule has 0 amide bonds. The summed E-state index contributed by atoms with van der Waals surface area (Å²) in [7, 11) is 0. The van der Waals surface area contributed by atoms with Gasteiger partial charge in [-0.25, -0.2) is 4.79 Å². The number of carbonyl (C=O) groups is 1. The highest BCUT2D eigenvalue weighted by atomic mass is 16.5. The van der Waals surface area contributed by atoms with Crippen molar-refractivity contribution >= 4 is 5.97 Å². The van der Waals surface area contributed by atoms with E-state index in [1.165, 1.54) is 95.5 Å². The highest BCUT2D eigenvalue weighted by molar-refractivity contribution is 5.89. The number of aryl methyl sites for hydroxylation is 1. The first-order valence-electron chi connectivity index (χ1n) is 13.5. The van der Waals surface area contributed by atoms with Crippen molar-refractivity contribution in [3.8, 4) is 0 Å². The molecule has 174 valence electrons. The van der Waals surface area contributed by atoms with Crippen molar-refractivity contribution in [2.75, 3.05) is 6.61 Å². The van der Waals surface area contributed by atoms with Crippen LogP contribution >= 0.6 is 0 Å². The SMILES string of the molecule is CCCCCCC1CCC(C2CCC(CCc3ccc(C(=O)OCC)cc3)CC2)CC1. The second-order valence-corrected chi connectivity index (χ2v) is 10.4. The average Bonchev–Trinajstić information content (AvgIpc) is 2.82. The summed E-state index contributed by atoms with van der Waals surface area (Å²) >= 11 is 0. The zero-order valence-corrected chi connectivity index (χ0v) is 20.2. The molecule has 0 bridgehead atoms. The molecule has 0 saturated heterocycles. The molecule has 0 heterocycles. The molecule has 2 nitrogen and oxygen atoms in total. The average molecular weight is 427 g/mol. The van der Waals surface area contributed by atoms with Crippen molar-refractivity contribution in [1.82, 2.24) is 0 Å². The molecule has 0 N–H and O–H groups in total. The van der Waals surface area contributed by atoms with Crippen molar-refractivity contribution in [3.63, 3.8) is 0 Å². The number of esters is 1. The summed E-state index contributed by atoms with van der Waals surface area (Å²) < 4.78 is 5.08. The Morgan fingerprint density at radius 1 is 0.774 bits per heavy atom. The minimum Gasteiger partial charge on any atom is -0.462 e. The summed E-state index contributed by atoms with van der Waals surface area (Å²) in [4.78, 5) is 11.8. The summed E-state index contributed by atoms with van der Waals surface area (Å²) in [5.74, 6) is 3.78. The molecule has 0 aromatic heterocycles. The van der Waals surface area contributed by atoms with Crippen LogP contribution in [0, 0.1) is 23.7 Å². The Hall–Kier alpha value is -1.31. The summed E-state index contributed by atoms with van der Waals surface area (Å²) in [5.41, 5.74) is 2.02. The third-order valence-electron chi connectivity index (χ3n) is 8.22.